The number of amides is 1. The Bertz CT molecular complexity index is 1510. The van der Waals surface area contributed by atoms with Gasteiger partial charge in [-0.1, -0.05) is 0 Å². The fourth-order valence-corrected chi connectivity index (χ4v) is 5.94. The minimum Gasteiger partial charge on any atom is -0.465 e. The highest BCUT2D eigenvalue weighted by Crippen LogP contribution is 2.32. The van der Waals surface area contributed by atoms with Crippen molar-refractivity contribution in [3.05, 3.63) is 69.5 Å². The molecule has 11 heteroatoms. The number of pyridine rings is 1. The smallest absolute Gasteiger partial charge is 0.337 e. The van der Waals surface area contributed by atoms with E-state index in [-0.39, 0.29) is 23.5 Å². The first-order chi connectivity index (χ1) is 16.8. The predicted molar refractivity (Wildman–Crippen MR) is 127 cm³/mol. The number of methoxy groups -OCH3 is 1. The number of sulfonamides is 1. The lowest BCUT2D eigenvalue weighted by molar-refractivity contribution is 0.0600. The molecule has 3 heterocycles. The van der Waals surface area contributed by atoms with Gasteiger partial charge >= 0.3 is 5.97 Å². The quantitative estimate of drug-likeness (QED) is 0.542. The molecule has 0 saturated carbocycles. The van der Waals surface area contributed by atoms with Crippen LogP contribution in [-0.4, -0.2) is 69.5 Å². The molecule has 3 aromatic rings. The van der Waals surface area contributed by atoms with E-state index in [4.69, 9.17) is 9.47 Å². The van der Waals surface area contributed by atoms with Crippen molar-refractivity contribution < 1.29 is 27.5 Å². The highest BCUT2D eigenvalue weighted by molar-refractivity contribution is 7.89. The summed E-state index contributed by atoms with van der Waals surface area (Å²) in [6.07, 6.45) is 0.531. The Balaban J connectivity index is 1.56. The van der Waals surface area contributed by atoms with Gasteiger partial charge in [0.1, 0.15) is 0 Å². The summed E-state index contributed by atoms with van der Waals surface area (Å²) in [6.45, 7) is 1.48. The molecule has 1 aromatic heterocycles. The fourth-order valence-electron chi connectivity index (χ4n) is 4.51. The summed E-state index contributed by atoms with van der Waals surface area (Å²) in [6, 6.07) is 10.5. The summed E-state index contributed by atoms with van der Waals surface area (Å²) < 4.78 is 37.7. The van der Waals surface area contributed by atoms with E-state index in [1.165, 1.54) is 40.6 Å². The summed E-state index contributed by atoms with van der Waals surface area (Å²) in [4.78, 5) is 42.1. The first-order valence-corrected chi connectivity index (χ1v) is 12.5. The molecule has 1 fully saturated rings. The van der Waals surface area contributed by atoms with Gasteiger partial charge in [0.2, 0.25) is 15.6 Å². The number of ether oxygens (including phenoxy) is 2. The second-order valence-corrected chi connectivity index (χ2v) is 10.3. The molecule has 0 atom stereocenters. The number of carbonyl (C=O) groups excluding carboxylic acids is 2. The summed E-state index contributed by atoms with van der Waals surface area (Å²) in [5.74, 6) is -0.890. The Morgan fingerprint density at radius 1 is 1.03 bits per heavy atom. The number of anilines is 1. The van der Waals surface area contributed by atoms with E-state index in [0.29, 0.717) is 48.3 Å². The zero-order valence-corrected chi connectivity index (χ0v) is 19.8. The number of carbonyl (C=O) groups is 2. The van der Waals surface area contributed by atoms with Gasteiger partial charge in [-0.2, -0.15) is 4.31 Å². The molecule has 10 nitrogen and oxygen atoms in total. The van der Waals surface area contributed by atoms with Crippen molar-refractivity contribution in [1.82, 2.24) is 9.29 Å². The standard InChI is InChI=1S/C24H23N3O7S/c1-33-24(30)16-2-5-21-15(12-16)6-7-27(21)23(29)19-14-22(28)25-20-4-3-17(13-18(19)20)35(31,32)26-8-10-34-11-9-26/h2-5,12-14H,6-11H2,1H3,(H,25,28). The lowest BCUT2D eigenvalue weighted by atomic mass is 10.1. The van der Waals surface area contributed by atoms with Gasteiger partial charge in [-0.15, -0.1) is 0 Å². The number of nitrogens with zero attached hydrogens (tertiary/aromatic N) is 2. The van der Waals surface area contributed by atoms with Crippen molar-refractivity contribution in [2.45, 2.75) is 11.3 Å². The van der Waals surface area contributed by atoms with Gasteiger partial charge in [-0.25, -0.2) is 13.2 Å². The van der Waals surface area contributed by atoms with Crippen LogP contribution in [0, 0.1) is 0 Å². The molecule has 2 aromatic carbocycles. The first-order valence-electron chi connectivity index (χ1n) is 11.1. The molecule has 1 N–H and O–H groups in total. The van der Waals surface area contributed by atoms with Crippen molar-refractivity contribution in [1.29, 1.82) is 0 Å². The Kier molecular flexibility index (Phi) is 5.91. The van der Waals surface area contributed by atoms with Crippen LogP contribution in [0.5, 0.6) is 0 Å². The van der Waals surface area contributed by atoms with Crippen LogP contribution >= 0.6 is 0 Å². The minimum absolute atomic E-state index is 0.0394. The second-order valence-electron chi connectivity index (χ2n) is 8.31. The number of fused-ring (bicyclic) bond motifs is 2. The molecule has 2 aliphatic rings. The van der Waals surface area contributed by atoms with E-state index in [2.05, 4.69) is 4.98 Å². The monoisotopic (exact) mass is 497 g/mol. The lowest BCUT2D eigenvalue weighted by Gasteiger charge is -2.26. The van der Waals surface area contributed by atoms with Crippen molar-refractivity contribution in [3.8, 4) is 0 Å². The number of H-pyrrole nitrogens is 1. The third kappa shape index (κ3) is 4.11. The van der Waals surface area contributed by atoms with E-state index in [9.17, 15) is 22.8 Å². The van der Waals surface area contributed by atoms with Gasteiger partial charge in [0.25, 0.3) is 5.91 Å². The average Bonchev–Trinajstić information content (AvgIpc) is 3.30. The van der Waals surface area contributed by atoms with Crippen LogP contribution in [0.4, 0.5) is 5.69 Å². The third-order valence-electron chi connectivity index (χ3n) is 6.29. The molecule has 2 aliphatic heterocycles. The number of hydrogen-bond donors (Lipinski definition) is 1. The maximum Gasteiger partial charge on any atom is 0.337 e. The number of aromatic amines is 1. The summed E-state index contributed by atoms with van der Waals surface area (Å²) in [7, 11) is -2.49. The summed E-state index contributed by atoms with van der Waals surface area (Å²) in [5.41, 5.74) is 1.83. The number of nitrogens with one attached hydrogen (secondary N) is 1. The SMILES string of the molecule is COC(=O)c1ccc2c(c1)CCN2C(=O)c1cc(=O)[nH]c2ccc(S(=O)(=O)N3CCOCC3)cc12. The molecule has 0 aliphatic carbocycles. The van der Waals surface area contributed by atoms with Crippen LogP contribution in [-0.2, 0) is 25.9 Å². The Morgan fingerprint density at radius 3 is 2.54 bits per heavy atom. The van der Waals surface area contributed by atoms with E-state index in [0.717, 1.165) is 5.56 Å². The van der Waals surface area contributed by atoms with E-state index < -0.39 is 27.5 Å². The number of esters is 1. The van der Waals surface area contributed by atoms with Gasteiger partial charge < -0.3 is 19.4 Å². The van der Waals surface area contributed by atoms with Crippen LogP contribution in [0.15, 0.2) is 52.2 Å². The molecule has 0 unspecified atom stereocenters. The van der Waals surface area contributed by atoms with E-state index in [1.807, 2.05) is 0 Å². The van der Waals surface area contributed by atoms with Gasteiger partial charge in [-0.05, 0) is 48.4 Å². The van der Waals surface area contributed by atoms with Gasteiger partial charge in [-0.3, -0.25) is 9.59 Å². The lowest BCUT2D eigenvalue weighted by Crippen LogP contribution is -2.40. The van der Waals surface area contributed by atoms with Crippen LogP contribution in [0.2, 0.25) is 0 Å². The maximum atomic E-state index is 13.6. The summed E-state index contributed by atoms with van der Waals surface area (Å²) in [5, 5.41) is 0.337. The average molecular weight is 498 g/mol. The fraction of sp³-hybridized carbons (Fsp3) is 0.292. The van der Waals surface area contributed by atoms with Crippen LogP contribution < -0.4 is 10.5 Å². The Morgan fingerprint density at radius 2 is 1.80 bits per heavy atom. The maximum absolute atomic E-state index is 13.6. The molecule has 1 amide bonds. The number of aromatic nitrogens is 1. The van der Waals surface area contributed by atoms with Gasteiger partial charge in [0, 0.05) is 42.3 Å². The normalized spacial score (nSPS) is 16.3. The summed E-state index contributed by atoms with van der Waals surface area (Å²) >= 11 is 0. The third-order valence-corrected chi connectivity index (χ3v) is 8.19. The van der Waals surface area contributed by atoms with Crippen molar-refractivity contribution in [2.24, 2.45) is 0 Å². The molecule has 0 spiro atoms. The highest BCUT2D eigenvalue weighted by atomic mass is 32.2. The van der Waals surface area contributed by atoms with Crippen molar-refractivity contribution in [3.63, 3.8) is 0 Å². The number of morpholine rings is 1. The molecule has 182 valence electrons. The number of hydrogen-bond acceptors (Lipinski definition) is 7. The van der Waals surface area contributed by atoms with E-state index in [1.54, 1.807) is 18.2 Å². The molecular weight excluding hydrogens is 474 g/mol. The topological polar surface area (TPSA) is 126 Å². The number of benzene rings is 2. The van der Waals surface area contributed by atoms with Gasteiger partial charge in [0.15, 0.2) is 0 Å². The van der Waals surface area contributed by atoms with Crippen molar-refractivity contribution >= 4 is 38.5 Å². The Hall–Kier alpha value is -3.54. The Labute approximate surface area is 201 Å². The second kappa shape index (κ2) is 8.91. The van der Waals surface area contributed by atoms with Crippen LogP contribution in [0.25, 0.3) is 10.9 Å². The predicted octanol–water partition coefficient (Wildman–Crippen LogP) is 1.54. The molecule has 0 radical (unpaired) electrons. The number of rotatable bonds is 4. The zero-order valence-electron chi connectivity index (χ0n) is 18.9. The first kappa shape index (κ1) is 23.2. The van der Waals surface area contributed by atoms with Crippen LogP contribution in [0.3, 0.4) is 0 Å². The van der Waals surface area contributed by atoms with E-state index >= 15 is 0 Å². The molecular formula is C24H23N3O7S. The zero-order chi connectivity index (χ0) is 24.7. The highest BCUT2D eigenvalue weighted by Gasteiger charge is 2.30. The van der Waals surface area contributed by atoms with Crippen LogP contribution in [0.1, 0.15) is 26.3 Å². The minimum atomic E-state index is -3.80. The molecule has 5 rings (SSSR count). The molecule has 35 heavy (non-hydrogen) atoms. The molecule has 1 saturated heterocycles. The molecule has 0 bridgehead atoms. The van der Waals surface area contributed by atoms with Gasteiger partial charge in [0.05, 0.1) is 36.3 Å². The van der Waals surface area contributed by atoms with Crippen molar-refractivity contribution in [2.75, 3.05) is 44.9 Å². The largest absolute Gasteiger partial charge is 0.465 e.